The van der Waals surface area contributed by atoms with Crippen molar-refractivity contribution in [3.63, 3.8) is 0 Å². The normalized spacial score (nSPS) is 27.9. The van der Waals surface area contributed by atoms with Crippen LogP contribution in [0.5, 0.6) is 0 Å². The molecule has 26 heavy (non-hydrogen) atoms. The molecule has 3 rings (SSSR count). The van der Waals surface area contributed by atoms with Gasteiger partial charge in [-0.15, -0.1) is 0 Å². The quantitative estimate of drug-likeness (QED) is 0.835. The van der Waals surface area contributed by atoms with E-state index in [1.165, 1.54) is 26.2 Å². The Kier molecular flexibility index (Phi) is 5.31. The number of hydrogen-bond acceptors (Lipinski definition) is 3. The molecule has 2 saturated heterocycles. The predicted octanol–water partition coefficient (Wildman–Crippen LogP) is 2.07. The first-order valence-corrected chi connectivity index (χ1v) is 10.1. The summed E-state index contributed by atoms with van der Waals surface area (Å²) in [7, 11) is 0. The van der Waals surface area contributed by atoms with Crippen molar-refractivity contribution >= 4 is 17.7 Å². The molecule has 1 atom stereocenters. The fraction of sp³-hybridized carbons (Fsp3) is 0.850. The molecule has 1 unspecified atom stereocenters. The maximum Gasteiger partial charge on any atom is 0.247 e. The maximum atomic E-state index is 13.4. The van der Waals surface area contributed by atoms with Crippen molar-refractivity contribution in [2.24, 2.45) is 5.41 Å². The van der Waals surface area contributed by atoms with Crippen LogP contribution in [0, 0.1) is 5.41 Å². The van der Waals surface area contributed by atoms with Gasteiger partial charge in [0.15, 0.2) is 0 Å². The largest absolute Gasteiger partial charge is 0.342 e. The van der Waals surface area contributed by atoms with Crippen molar-refractivity contribution in [3.8, 4) is 0 Å². The Balaban J connectivity index is 1.70. The van der Waals surface area contributed by atoms with Crippen LogP contribution in [0.1, 0.15) is 72.1 Å². The van der Waals surface area contributed by atoms with Crippen LogP contribution >= 0.6 is 0 Å². The minimum absolute atomic E-state index is 0.0906. The maximum absolute atomic E-state index is 13.4. The highest BCUT2D eigenvalue weighted by molar-refractivity contribution is 5.92. The number of nitrogens with zero attached hydrogens (tertiary/aromatic N) is 2. The second kappa shape index (κ2) is 7.20. The van der Waals surface area contributed by atoms with Gasteiger partial charge in [-0.1, -0.05) is 19.3 Å². The fourth-order valence-corrected chi connectivity index (χ4v) is 5.16. The van der Waals surface area contributed by atoms with E-state index in [-0.39, 0.29) is 17.7 Å². The smallest absolute Gasteiger partial charge is 0.247 e. The zero-order valence-corrected chi connectivity index (χ0v) is 16.5. The highest BCUT2D eigenvalue weighted by Gasteiger charge is 2.51. The van der Waals surface area contributed by atoms with Crippen molar-refractivity contribution in [2.45, 2.75) is 83.7 Å². The molecule has 146 valence electrons. The first-order valence-electron chi connectivity index (χ1n) is 10.1. The molecule has 3 amide bonds. The van der Waals surface area contributed by atoms with Gasteiger partial charge in [-0.2, -0.15) is 0 Å². The monoisotopic (exact) mass is 363 g/mol. The van der Waals surface area contributed by atoms with Gasteiger partial charge in [-0.3, -0.25) is 14.4 Å². The van der Waals surface area contributed by atoms with Crippen LogP contribution in [0.3, 0.4) is 0 Å². The summed E-state index contributed by atoms with van der Waals surface area (Å²) in [6.45, 7) is 6.87. The lowest BCUT2D eigenvalue weighted by molar-refractivity contribution is -0.150. The second-order valence-corrected chi connectivity index (χ2v) is 8.96. The Bertz CT molecular complexity index is 583. The standard InChI is InChI=1S/C20H33N3O3/c1-15(24)21-19(2,3)17(25)22-13-11-20(14-22)10-7-12-23(18(20)26)16-8-5-4-6-9-16/h16H,4-14H2,1-3H3,(H,21,24). The number of piperidine rings is 1. The lowest BCUT2D eigenvalue weighted by atomic mass is 9.77. The number of likely N-dealkylation sites (tertiary alicyclic amines) is 2. The van der Waals surface area contributed by atoms with Crippen molar-refractivity contribution in [1.82, 2.24) is 15.1 Å². The molecule has 2 heterocycles. The first-order chi connectivity index (χ1) is 12.3. The summed E-state index contributed by atoms with van der Waals surface area (Å²) >= 11 is 0. The minimum Gasteiger partial charge on any atom is -0.342 e. The van der Waals surface area contributed by atoms with Crippen LogP contribution in [0.4, 0.5) is 0 Å². The van der Waals surface area contributed by atoms with Gasteiger partial charge in [-0.25, -0.2) is 0 Å². The molecule has 3 aliphatic rings. The van der Waals surface area contributed by atoms with E-state index in [1.54, 1.807) is 18.7 Å². The number of amides is 3. The Labute approximate surface area is 156 Å². The van der Waals surface area contributed by atoms with Gasteiger partial charge in [0.1, 0.15) is 5.54 Å². The zero-order chi connectivity index (χ0) is 18.9. The van der Waals surface area contributed by atoms with Crippen LogP contribution < -0.4 is 5.32 Å². The van der Waals surface area contributed by atoms with Crippen molar-refractivity contribution in [2.75, 3.05) is 19.6 Å². The van der Waals surface area contributed by atoms with Crippen LogP contribution in [0.2, 0.25) is 0 Å². The number of nitrogens with one attached hydrogen (secondary N) is 1. The second-order valence-electron chi connectivity index (χ2n) is 8.96. The Morgan fingerprint density at radius 3 is 2.42 bits per heavy atom. The summed E-state index contributed by atoms with van der Waals surface area (Å²) in [5, 5.41) is 2.73. The Morgan fingerprint density at radius 2 is 1.77 bits per heavy atom. The van der Waals surface area contributed by atoms with Crippen LogP contribution in [0.15, 0.2) is 0 Å². The summed E-state index contributed by atoms with van der Waals surface area (Å²) in [5.74, 6) is -0.0371. The lowest BCUT2D eigenvalue weighted by Gasteiger charge is -2.44. The van der Waals surface area contributed by atoms with Gasteiger partial charge in [0.25, 0.3) is 0 Å². The third kappa shape index (κ3) is 3.60. The van der Waals surface area contributed by atoms with Crippen molar-refractivity contribution in [3.05, 3.63) is 0 Å². The third-order valence-electron chi connectivity index (χ3n) is 6.45. The fourth-order valence-electron chi connectivity index (χ4n) is 5.16. The molecule has 1 N–H and O–H groups in total. The molecule has 2 aliphatic heterocycles. The number of hydrogen-bond donors (Lipinski definition) is 1. The molecule has 6 heteroatoms. The first kappa shape index (κ1) is 19.2. The average Bonchev–Trinajstić information content (AvgIpc) is 3.01. The molecule has 1 saturated carbocycles. The molecule has 0 bridgehead atoms. The van der Waals surface area contributed by atoms with E-state index in [0.717, 1.165) is 38.6 Å². The summed E-state index contributed by atoms with van der Waals surface area (Å²) in [6, 6.07) is 0.397. The van der Waals surface area contributed by atoms with Crippen LogP contribution in [-0.4, -0.2) is 58.7 Å². The summed E-state index contributed by atoms with van der Waals surface area (Å²) < 4.78 is 0. The molecule has 3 fully saturated rings. The Morgan fingerprint density at radius 1 is 1.08 bits per heavy atom. The van der Waals surface area contributed by atoms with Gasteiger partial charge >= 0.3 is 0 Å². The molecule has 1 spiro atoms. The van der Waals surface area contributed by atoms with E-state index in [1.807, 2.05) is 0 Å². The van der Waals surface area contributed by atoms with E-state index in [9.17, 15) is 14.4 Å². The van der Waals surface area contributed by atoms with E-state index >= 15 is 0 Å². The summed E-state index contributed by atoms with van der Waals surface area (Å²) in [4.78, 5) is 41.6. The molecule has 0 aromatic heterocycles. The topological polar surface area (TPSA) is 69.7 Å². The van der Waals surface area contributed by atoms with Gasteiger partial charge in [0.05, 0.1) is 5.41 Å². The van der Waals surface area contributed by atoms with Gasteiger partial charge in [-0.05, 0) is 46.0 Å². The molecule has 0 radical (unpaired) electrons. The number of carbonyl (C=O) groups excluding carboxylic acids is 3. The highest BCUT2D eigenvalue weighted by atomic mass is 16.2. The van der Waals surface area contributed by atoms with Crippen LogP contribution in [-0.2, 0) is 14.4 Å². The van der Waals surface area contributed by atoms with Gasteiger partial charge in [0.2, 0.25) is 17.7 Å². The SMILES string of the molecule is CC(=O)NC(C)(C)C(=O)N1CCC2(CCCN(C3CCCCC3)C2=O)C1. The molecule has 6 nitrogen and oxygen atoms in total. The average molecular weight is 364 g/mol. The van der Waals surface area contributed by atoms with Crippen molar-refractivity contribution < 1.29 is 14.4 Å². The number of carbonyl (C=O) groups is 3. The van der Waals surface area contributed by atoms with Gasteiger partial charge < -0.3 is 15.1 Å². The highest BCUT2D eigenvalue weighted by Crippen LogP contribution is 2.42. The van der Waals surface area contributed by atoms with Crippen LogP contribution in [0.25, 0.3) is 0 Å². The molecule has 0 aromatic rings. The van der Waals surface area contributed by atoms with E-state index in [0.29, 0.717) is 19.1 Å². The Hall–Kier alpha value is -1.59. The van der Waals surface area contributed by atoms with E-state index in [2.05, 4.69) is 10.2 Å². The van der Waals surface area contributed by atoms with E-state index in [4.69, 9.17) is 0 Å². The minimum atomic E-state index is -0.932. The van der Waals surface area contributed by atoms with Gasteiger partial charge in [0, 0.05) is 32.6 Å². The molecule has 1 aliphatic carbocycles. The summed E-state index contributed by atoms with van der Waals surface area (Å²) in [5.41, 5.74) is -1.34. The molecule has 0 aromatic carbocycles. The van der Waals surface area contributed by atoms with Crippen molar-refractivity contribution in [1.29, 1.82) is 0 Å². The number of rotatable bonds is 3. The molecular weight excluding hydrogens is 330 g/mol. The van der Waals surface area contributed by atoms with E-state index < -0.39 is 11.0 Å². The molecular formula is C20H33N3O3. The lowest BCUT2D eigenvalue weighted by Crippen LogP contribution is -2.57. The predicted molar refractivity (Wildman–Crippen MR) is 99.3 cm³/mol. The third-order valence-corrected chi connectivity index (χ3v) is 6.45. The zero-order valence-electron chi connectivity index (χ0n) is 16.5. The summed E-state index contributed by atoms with van der Waals surface area (Å²) in [6.07, 6.45) is 8.62.